The quantitative estimate of drug-likeness (QED) is 0.576. The number of rotatable bonds is 4. The minimum atomic E-state index is -1.13. The molecule has 64 valence electrons. The monoisotopic (exact) mass is 159 g/mol. The number of carbonyl (C=O) groups excluding carboxylic acids is 1. The fourth-order valence-corrected chi connectivity index (χ4v) is 0.810. The topological polar surface area (TPSA) is 80.4 Å². The average Bonchev–Trinajstić information content (AvgIpc) is 1.81. The van der Waals surface area contributed by atoms with Crippen LogP contribution in [0.4, 0.5) is 0 Å². The van der Waals surface area contributed by atoms with Crippen molar-refractivity contribution in [2.75, 3.05) is 0 Å². The zero-order chi connectivity index (χ0) is 9.02. The van der Waals surface area contributed by atoms with Crippen molar-refractivity contribution in [3.8, 4) is 0 Å². The van der Waals surface area contributed by atoms with E-state index in [4.69, 9.17) is 10.8 Å². The zero-order valence-electron chi connectivity index (χ0n) is 6.70. The highest BCUT2D eigenvalue weighted by molar-refractivity contribution is 5.95. The molecular formula is C7H13NO3. The van der Waals surface area contributed by atoms with E-state index in [1.165, 1.54) is 0 Å². The van der Waals surface area contributed by atoms with Crippen LogP contribution in [-0.2, 0) is 9.59 Å². The van der Waals surface area contributed by atoms with Crippen LogP contribution in [0.25, 0.3) is 0 Å². The van der Waals surface area contributed by atoms with E-state index in [9.17, 15) is 9.59 Å². The summed E-state index contributed by atoms with van der Waals surface area (Å²) in [4.78, 5) is 20.9. The smallest absolute Gasteiger partial charge is 0.316 e. The van der Waals surface area contributed by atoms with Crippen LogP contribution in [0.15, 0.2) is 0 Å². The molecule has 0 rings (SSSR count). The van der Waals surface area contributed by atoms with Crippen molar-refractivity contribution in [1.82, 2.24) is 0 Å². The first-order valence-corrected chi connectivity index (χ1v) is 3.47. The van der Waals surface area contributed by atoms with Gasteiger partial charge in [0.25, 0.3) is 0 Å². The highest BCUT2D eigenvalue weighted by atomic mass is 16.4. The summed E-state index contributed by atoms with van der Waals surface area (Å²) in [6.07, 6.45) is 0.310. The first-order chi connectivity index (χ1) is 4.95. The number of aliphatic carboxylic acids is 1. The molecule has 4 nitrogen and oxygen atoms in total. The molecule has 0 fully saturated rings. The van der Waals surface area contributed by atoms with E-state index in [0.29, 0.717) is 6.42 Å². The molecule has 1 unspecified atom stereocenters. The molecule has 0 heterocycles. The van der Waals surface area contributed by atoms with Gasteiger partial charge >= 0.3 is 5.97 Å². The Bertz CT molecular complexity index is 151. The van der Waals surface area contributed by atoms with Crippen molar-refractivity contribution >= 4 is 11.9 Å². The predicted molar refractivity (Wildman–Crippen MR) is 39.8 cm³/mol. The minimum absolute atomic E-state index is 0.170. The lowest BCUT2D eigenvalue weighted by atomic mass is 9.97. The number of hydrogen-bond donors (Lipinski definition) is 2. The molecule has 0 aliphatic heterocycles. The fourth-order valence-electron chi connectivity index (χ4n) is 0.810. The minimum Gasteiger partial charge on any atom is -0.481 e. The Hall–Kier alpha value is -1.06. The van der Waals surface area contributed by atoms with Crippen LogP contribution >= 0.6 is 0 Å². The van der Waals surface area contributed by atoms with Crippen molar-refractivity contribution in [3.05, 3.63) is 0 Å². The molecule has 0 aromatic heterocycles. The Labute approximate surface area is 65.4 Å². The molecule has 4 heteroatoms. The summed E-state index contributed by atoms with van der Waals surface area (Å²) >= 11 is 0. The summed E-state index contributed by atoms with van der Waals surface area (Å²) in [5, 5.41) is 8.49. The van der Waals surface area contributed by atoms with E-state index < -0.39 is 17.8 Å². The van der Waals surface area contributed by atoms with Crippen molar-refractivity contribution in [3.63, 3.8) is 0 Å². The normalized spacial score (nSPS) is 13.0. The number of hydrogen-bond acceptors (Lipinski definition) is 2. The molecule has 0 saturated heterocycles. The zero-order valence-corrected chi connectivity index (χ0v) is 6.70. The van der Waals surface area contributed by atoms with Gasteiger partial charge in [-0.25, -0.2) is 0 Å². The summed E-state index contributed by atoms with van der Waals surface area (Å²) in [7, 11) is 0. The molecule has 0 radical (unpaired) electrons. The van der Waals surface area contributed by atoms with Gasteiger partial charge in [0, 0.05) is 0 Å². The van der Waals surface area contributed by atoms with Crippen LogP contribution in [0.1, 0.15) is 20.3 Å². The maximum Gasteiger partial charge on any atom is 0.316 e. The van der Waals surface area contributed by atoms with Gasteiger partial charge in [-0.3, -0.25) is 9.59 Å². The second kappa shape index (κ2) is 3.95. The van der Waals surface area contributed by atoms with Gasteiger partial charge < -0.3 is 10.8 Å². The molecule has 11 heavy (non-hydrogen) atoms. The SMILES string of the molecule is CC(C)CC(C(N)=O)C(=O)O. The summed E-state index contributed by atoms with van der Waals surface area (Å²) in [6.45, 7) is 3.69. The van der Waals surface area contributed by atoms with Gasteiger partial charge in [0.1, 0.15) is 5.92 Å². The molecule has 0 saturated carbocycles. The Morgan fingerprint density at radius 2 is 1.91 bits per heavy atom. The number of nitrogens with two attached hydrogens (primary N) is 1. The average molecular weight is 159 g/mol. The summed E-state index contributed by atoms with van der Waals surface area (Å²) < 4.78 is 0. The molecule has 1 atom stereocenters. The lowest BCUT2D eigenvalue weighted by Gasteiger charge is -2.09. The van der Waals surface area contributed by atoms with Crippen LogP contribution in [0.3, 0.4) is 0 Å². The lowest BCUT2D eigenvalue weighted by molar-refractivity contribution is -0.146. The van der Waals surface area contributed by atoms with Crippen molar-refractivity contribution in [2.24, 2.45) is 17.6 Å². The second-order valence-electron chi connectivity index (χ2n) is 2.92. The second-order valence-corrected chi connectivity index (χ2v) is 2.92. The van der Waals surface area contributed by atoms with Crippen LogP contribution in [0.2, 0.25) is 0 Å². The first kappa shape index (κ1) is 9.94. The molecule has 3 N–H and O–H groups in total. The van der Waals surface area contributed by atoms with Crippen LogP contribution in [0, 0.1) is 11.8 Å². The highest BCUT2D eigenvalue weighted by Crippen LogP contribution is 2.10. The van der Waals surface area contributed by atoms with Gasteiger partial charge in [0.15, 0.2) is 0 Å². The Morgan fingerprint density at radius 3 is 2.00 bits per heavy atom. The Morgan fingerprint density at radius 1 is 1.45 bits per heavy atom. The van der Waals surface area contributed by atoms with Crippen molar-refractivity contribution in [1.29, 1.82) is 0 Å². The molecule has 0 aromatic rings. The molecule has 0 bridgehead atoms. The number of amides is 1. The van der Waals surface area contributed by atoms with Crippen molar-refractivity contribution < 1.29 is 14.7 Å². The third kappa shape index (κ3) is 3.60. The molecule has 0 aromatic carbocycles. The molecular weight excluding hydrogens is 146 g/mol. The Balaban J connectivity index is 4.12. The van der Waals surface area contributed by atoms with Crippen LogP contribution < -0.4 is 5.73 Å². The van der Waals surface area contributed by atoms with E-state index in [-0.39, 0.29) is 5.92 Å². The standard InChI is InChI=1S/C7H13NO3/c1-4(2)3-5(6(8)9)7(10)11/h4-5H,3H2,1-2H3,(H2,8,9)(H,10,11). The van der Waals surface area contributed by atoms with Gasteiger partial charge in [-0.05, 0) is 12.3 Å². The number of carboxylic acids is 1. The largest absolute Gasteiger partial charge is 0.481 e. The third-order valence-corrected chi connectivity index (χ3v) is 1.35. The molecule has 0 aliphatic carbocycles. The number of primary amides is 1. The number of carbonyl (C=O) groups is 2. The van der Waals surface area contributed by atoms with Crippen molar-refractivity contribution in [2.45, 2.75) is 20.3 Å². The summed E-state index contributed by atoms with van der Waals surface area (Å²) in [6, 6.07) is 0. The maximum atomic E-state index is 10.5. The van der Waals surface area contributed by atoms with Gasteiger partial charge in [-0.1, -0.05) is 13.8 Å². The van der Waals surface area contributed by atoms with Crippen LogP contribution in [0.5, 0.6) is 0 Å². The van der Waals surface area contributed by atoms with E-state index >= 15 is 0 Å². The van der Waals surface area contributed by atoms with Gasteiger partial charge in [0.2, 0.25) is 5.91 Å². The predicted octanol–water partition coefficient (Wildman–Crippen LogP) is 0.219. The lowest BCUT2D eigenvalue weighted by Crippen LogP contribution is -2.31. The summed E-state index contributed by atoms with van der Waals surface area (Å²) in [5.41, 5.74) is 4.87. The van der Waals surface area contributed by atoms with Gasteiger partial charge in [-0.2, -0.15) is 0 Å². The maximum absolute atomic E-state index is 10.5. The first-order valence-electron chi connectivity index (χ1n) is 3.47. The number of carboxylic acid groups (broad SMARTS) is 1. The fraction of sp³-hybridized carbons (Fsp3) is 0.714. The molecule has 0 spiro atoms. The van der Waals surface area contributed by atoms with Gasteiger partial charge in [0.05, 0.1) is 0 Å². The van der Waals surface area contributed by atoms with E-state index in [2.05, 4.69) is 0 Å². The van der Waals surface area contributed by atoms with E-state index in [0.717, 1.165) is 0 Å². The highest BCUT2D eigenvalue weighted by Gasteiger charge is 2.24. The Kier molecular flexibility index (Phi) is 3.57. The summed E-state index contributed by atoms with van der Waals surface area (Å²) in [5.74, 6) is -2.75. The third-order valence-electron chi connectivity index (χ3n) is 1.35. The van der Waals surface area contributed by atoms with Crippen LogP contribution in [-0.4, -0.2) is 17.0 Å². The molecule has 1 amide bonds. The van der Waals surface area contributed by atoms with Gasteiger partial charge in [-0.15, -0.1) is 0 Å². The van der Waals surface area contributed by atoms with E-state index in [1.807, 2.05) is 13.8 Å². The molecule has 0 aliphatic rings. The van der Waals surface area contributed by atoms with E-state index in [1.54, 1.807) is 0 Å².